The van der Waals surface area contributed by atoms with Crippen molar-refractivity contribution < 1.29 is 26.7 Å². The van der Waals surface area contributed by atoms with Crippen LogP contribution in [0.5, 0.6) is 0 Å². The Morgan fingerprint density at radius 1 is 1.29 bits per heavy atom. The second-order valence-corrected chi connectivity index (χ2v) is 3.63. The van der Waals surface area contributed by atoms with Gasteiger partial charge in [0, 0.05) is 0 Å². The van der Waals surface area contributed by atoms with Crippen LogP contribution in [-0.4, -0.2) is 11.6 Å². The summed E-state index contributed by atoms with van der Waals surface area (Å²) in [6.07, 6.45) is 15.4. The molecule has 3 heteroatoms. The molecule has 0 N–H and O–H groups in total. The molecule has 0 heterocycles. The van der Waals surface area contributed by atoms with Gasteiger partial charge in [0.1, 0.15) is 5.78 Å². The molecule has 0 aliphatic heterocycles. The Morgan fingerprint density at radius 2 is 2.00 bits per heavy atom. The molecule has 0 aromatic heterocycles. The van der Waals surface area contributed by atoms with Crippen molar-refractivity contribution in [2.24, 2.45) is 5.92 Å². The summed E-state index contributed by atoms with van der Waals surface area (Å²) in [6, 6.07) is 0. The fourth-order valence-corrected chi connectivity index (χ4v) is 1.26. The van der Waals surface area contributed by atoms with Gasteiger partial charge in [-0.05, 0) is 19.8 Å². The standard InChI is InChI=1S/2C7H7O.Fe/c2*1-6(8)7-4-2-3-5-7;/h2,5H,4H2,1H3;2,4-5,7H,1H3;/q2*-1;+2. The summed E-state index contributed by atoms with van der Waals surface area (Å²) >= 11 is 0. The zero-order valence-corrected chi connectivity index (χ0v) is 10.9. The normalized spacial score (nSPS) is 19.2. The summed E-state index contributed by atoms with van der Waals surface area (Å²) in [5.41, 5.74) is 0.866. The smallest absolute Gasteiger partial charge is 0.316 e. The quantitative estimate of drug-likeness (QED) is 0.570. The van der Waals surface area contributed by atoms with Crippen LogP contribution in [0.2, 0.25) is 0 Å². The van der Waals surface area contributed by atoms with E-state index in [9.17, 15) is 9.59 Å². The number of carbonyl (C=O) groups is 2. The molecule has 0 aromatic rings. The minimum atomic E-state index is 0. The Labute approximate surface area is 113 Å². The molecular formula is C14H14FeO2. The average Bonchev–Trinajstić information content (AvgIpc) is 2.93. The number of ketones is 2. The first kappa shape index (κ1) is 15.8. The summed E-state index contributed by atoms with van der Waals surface area (Å²) in [4.78, 5) is 21.0. The monoisotopic (exact) mass is 270 g/mol. The van der Waals surface area contributed by atoms with Gasteiger partial charge in [0.2, 0.25) is 0 Å². The number of hydrogen-bond donors (Lipinski definition) is 0. The molecule has 0 radical (unpaired) electrons. The predicted octanol–water partition coefficient (Wildman–Crippen LogP) is 2.38. The first-order chi connectivity index (χ1) is 7.61. The molecule has 0 fully saturated rings. The summed E-state index contributed by atoms with van der Waals surface area (Å²) in [5, 5.41) is 0. The Balaban J connectivity index is 0.000000284. The summed E-state index contributed by atoms with van der Waals surface area (Å²) in [6.45, 7) is 3.16. The summed E-state index contributed by atoms with van der Waals surface area (Å²) in [7, 11) is 0. The van der Waals surface area contributed by atoms with Gasteiger partial charge in [-0.15, -0.1) is 0 Å². The molecule has 0 bridgehead atoms. The molecule has 2 nitrogen and oxygen atoms in total. The van der Waals surface area contributed by atoms with Gasteiger partial charge in [0.05, 0.1) is 5.78 Å². The summed E-state index contributed by atoms with van der Waals surface area (Å²) in [5.74, 6) is 0.354. The van der Waals surface area contributed by atoms with Crippen molar-refractivity contribution in [3.63, 3.8) is 0 Å². The molecule has 0 aromatic carbocycles. The maximum Gasteiger partial charge on any atom is 2.00 e. The molecule has 1 unspecified atom stereocenters. The third-order valence-electron chi connectivity index (χ3n) is 2.29. The molecule has 2 aliphatic carbocycles. The van der Waals surface area contributed by atoms with Gasteiger partial charge in [-0.3, -0.25) is 12.2 Å². The largest absolute Gasteiger partial charge is 2.00 e. The first-order valence-corrected chi connectivity index (χ1v) is 5.15. The van der Waals surface area contributed by atoms with Gasteiger partial charge in [-0.2, -0.15) is 17.7 Å². The molecule has 1 atom stereocenters. The zero-order valence-electron chi connectivity index (χ0n) is 9.84. The van der Waals surface area contributed by atoms with Crippen LogP contribution in [0.1, 0.15) is 20.3 Å². The minimum Gasteiger partial charge on any atom is -0.316 e. The molecule has 90 valence electrons. The number of rotatable bonds is 2. The second kappa shape index (κ2) is 7.99. The molecule has 17 heavy (non-hydrogen) atoms. The van der Waals surface area contributed by atoms with E-state index in [1.165, 1.54) is 0 Å². The number of Topliss-reactive ketones (excluding diaryl/α,β-unsaturated/α-hetero) is 2. The third kappa shape index (κ3) is 5.62. The Hall–Kier alpha value is -1.18. The van der Waals surface area contributed by atoms with Gasteiger partial charge in [0.15, 0.2) is 0 Å². The van der Waals surface area contributed by atoms with Crippen molar-refractivity contribution in [2.45, 2.75) is 20.3 Å². The average molecular weight is 270 g/mol. The van der Waals surface area contributed by atoms with Gasteiger partial charge >= 0.3 is 17.1 Å². The van der Waals surface area contributed by atoms with Crippen LogP contribution in [0.15, 0.2) is 36.0 Å². The van der Waals surface area contributed by atoms with Crippen molar-refractivity contribution >= 4 is 11.6 Å². The number of allylic oxidation sites excluding steroid dienone is 8. The second-order valence-electron chi connectivity index (χ2n) is 3.63. The van der Waals surface area contributed by atoms with E-state index in [1.807, 2.05) is 12.2 Å². The molecule has 0 saturated carbocycles. The van der Waals surface area contributed by atoms with E-state index in [4.69, 9.17) is 0 Å². The SMILES string of the molecule is CC(=O)C1=C[C-]=CC1.CC(=O)C1C=[C-]C=C1.[Fe+2]. The minimum absolute atomic E-state index is 0. The van der Waals surface area contributed by atoms with Gasteiger partial charge in [-0.1, -0.05) is 6.42 Å². The Bertz CT molecular complexity index is 388. The fourth-order valence-electron chi connectivity index (χ4n) is 1.26. The van der Waals surface area contributed by atoms with Gasteiger partial charge < -0.3 is 9.59 Å². The van der Waals surface area contributed by atoms with Crippen molar-refractivity contribution in [2.75, 3.05) is 0 Å². The van der Waals surface area contributed by atoms with Crippen LogP contribution in [0, 0.1) is 18.1 Å². The number of hydrogen-bond acceptors (Lipinski definition) is 2. The van der Waals surface area contributed by atoms with Crippen LogP contribution in [0.4, 0.5) is 0 Å². The molecule has 0 saturated heterocycles. The van der Waals surface area contributed by atoms with E-state index in [0.717, 1.165) is 12.0 Å². The molecule has 0 amide bonds. The van der Waals surface area contributed by atoms with E-state index in [2.05, 4.69) is 12.2 Å². The van der Waals surface area contributed by atoms with E-state index < -0.39 is 0 Å². The molecular weight excluding hydrogens is 256 g/mol. The predicted molar refractivity (Wildman–Crippen MR) is 62.3 cm³/mol. The van der Waals surface area contributed by atoms with Crippen molar-refractivity contribution in [3.8, 4) is 0 Å². The third-order valence-corrected chi connectivity index (χ3v) is 2.29. The Morgan fingerprint density at radius 3 is 2.24 bits per heavy atom. The molecule has 2 aliphatic rings. The first-order valence-electron chi connectivity index (χ1n) is 5.15. The zero-order chi connectivity index (χ0) is 12.0. The van der Waals surface area contributed by atoms with E-state index in [0.29, 0.717) is 0 Å². The van der Waals surface area contributed by atoms with Crippen LogP contribution in [-0.2, 0) is 26.7 Å². The van der Waals surface area contributed by atoms with Gasteiger partial charge in [0.25, 0.3) is 0 Å². The number of carbonyl (C=O) groups excluding carboxylic acids is 2. The summed E-state index contributed by atoms with van der Waals surface area (Å²) < 4.78 is 0. The van der Waals surface area contributed by atoms with Crippen LogP contribution >= 0.6 is 0 Å². The van der Waals surface area contributed by atoms with Crippen molar-refractivity contribution in [1.29, 1.82) is 0 Å². The fraction of sp³-hybridized carbons (Fsp3) is 0.286. The topological polar surface area (TPSA) is 34.1 Å². The Kier molecular flexibility index (Phi) is 7.44. The maximum atomic E-state index is 10.5. The van der Waals surface area contributed by atoms with Crippen molar-refractivity contribution in [1.82, 2.24) is 0 Å². The molecule has 0 spiro atoms. The van der Waals surface area contributed by atoms with Crippen LogP contribution in [0.3, 0.4) is 0 Å². The van der Waals surface area contributed by atoms with Crippen LogP contribution in [0.25, 0.3) is 0 Å². The maximum absolute atomic E-state index is 10.5. The van der Waals surface area contributed by atoms with E-state index >= 15 is 0 Å². The van der Waals surface area contributed by atoms with E-state index in [1.54, 1.807) is 32.1 Å². The van der Waals surface area contributed by atoms with Crippen molar-refractivity contribution in [3.05, 3.63) is 48.1 Å². The molecule has 2 rings (SSSR count). The van der Waals surface area contributed by atoms with E-state index in [-0.39, 0.29) is 34.6 Å². The van der Waals surface area contributed by atoms with Crippen LogP contribution < -0.4 is 0 Å². The van der Waals surface area contributed by atoms with Gasteiger partial charge in [-0.25, -0.2) is 18.2 Å².